The summed E-state index contributed by atoms with van der Waals surface area (Å²) in [5.74, 6) is 2.62. The summed E-state index contributed by atoms with van der Waals surface area (Å²) in [5, 5.41) is 8.04. The maximum absolute atomic E-state index is 12.4. The lowest BCUT2D eigenvalue weighted by molar-refractivity contribution is 0.0943. The molecule has 2 fully saturated rings. The number of hydrogen-bond acceptors (Lipinski definition) is 3. The lowest BCUT2D eigenvalue weighted by atomic mass is 9.84. The highest BCUT2D eigenvalue weighted by Crippen LogP contribution is 2.49. The smallest absolute Gasteiger partial charge is 0.165 e. The summed E-state index contributed by atoms with van der Waals surface area (Å²) in [4.78, 5) is 12.4. The third kappa shape index (κ3) is 2.06. The Labute approximate surface area is 108 Å². The van der Waals surface area contributed by atoms with Gasteiger partial charge < -0.3 is 0 Å². The van der Waals surface area contributed by atoms with Gasteiger partial charge in [0, 0.05) is 12.0 Å². The van der Waals surface area contributed by atoms with E-state index in [1.54, 1.807) is 0 Å². The number of hydrogen-bond donors (Lipinski definition) is 0. The van der Waals surface area contributed by atoms with Gasteiger partial charge in [-0.3, -0.25) is 4.79 Å². The number of nitrogens with zero attached hydrogens (tertiary/aromatic N) is 2. The van der Waals surface area contributed by atoms with Crippen molar-refractivity contribution in [2.45, 2.75) is 46.0 Å². The van der Waals surface area contributed by atoms with E-state index in [4.69, 9.17) is 0 Å². The van der Waals surface area contributed by atoms with Crippen LogP contribution in [0, 0.1) is 31.6 Å². The maximum atomic E-state index is 12.4. The van der Waals surface area contributed by atoms with Crippen LogP contribution < -0.4 is 0 Å². The molecule has 96 valence electrons. The molecule has 1 heterocycles. The van der Waals surface area contributed by atoms with Gasteiger partial charge in [0.1, 0.15) is 0 Å². The van der Waals surface area contributed by atoms with Gasteiger partial charge in [-0.15, -0.1) is 0 Å². The van der Waals surface area contributed by atoms with Crippen molar-refractivity contribution in [2.75, 3.05) is 0 Å². The van der Waals surface area contributed by atoms with Crippen molar-refractivity contribution in [1.29, 1.82) is 0 Å². The largest absolute Gasteiger partial charge is 0.294 e. The van der Waals surface area contributed by atoms with Crippen molar-refractivity contribution >= 4 is 5.78 Å². The van der Waals surface area contributed by atoms with E-state index < -0.39 is 0 Å². The van der Waals surface area contributed by atoms with Crippen molar-refractivity contribution < 1.29 is 4.79 Å². The number of aromatic nitrogens is 2. The average Bonchev–Trinajstić information content (AvgIpc) is 2.94. The summed E-state index contributed by atoms with van der Waals surface area (Å²) in [6, 6.07) is 1.89. The van der Waals surface area contributed by atoms with E-state index in [9.17, 15) is 4.79 Å². The molecule has 3 unspecified atom stereocenters. The second kappa shape index (κ2) is 4.45. The molecule has 1 aromatic rings. The Morgan fingerprint density at radius 2 is 2.11 bits per heavy atom. The Balaban J connectivity index is 1.73. The van der Waals surface area contributed by atoms with Gasteiger partial charge in [-0.2, -0.15) is 10.2 Å². The zero-order valence-corrected chi connectivity index (χ0v) is 11.1. The number of Topliss-reactive ketones (excluding diaryl/α,β-unsaturated/α-hetero) is 1. The highest BCUT2D eigenvalue weighted by molar-refractivity contribution is 5.97. The average molecular weight is 244 g/mol. The van der Waals surface area contributed by atoms with Crippen molar-refractivity contribution in [3.05, 3.63) is 23.0 Å². The van der Waals surface area contributed by atoms with Crippen molar-refractivity contribution in [3.63, 3.8) is 0 Å². The predicted molar refractivity (Wildman–Crippen MR) is 69.4 cm³/mol. The van der Waals surface area contributed by atoms with Crippen LogP contribution in [0.5, 0.6) is 0 Å². The molecule has 18 heavy (non-hydrogen) atoms. The second-order valence-corrected chi connectivity index (χ2v) is 6.05. The Kier molecular flexibility index (Phi) is 2.92. The molecular formula is C15H20N2O. The van der Waals surface area contributed by atoms with Crippen LogP contribution in [-0.4, -0.2) is 16.0 Å². The SMILES string of the molecule is Cc1cc(C(=O)CC2CC3CCC2C3)c(C)nn1. The van der Waals surface area contributed by atoms with Crippen molar-refractivity contribution in [3.8, 4) is 0 Å². The summed E-state index contributed by atoms with van der Waals surface area (Å²) in [6.45, 7) is 3.77. The van der Waals surface area contributed by atoms with E-state index in [2.05, 4.69) is 10.2 Å². The zero-order valence-electron chi connectivity index (χ0n) is 11.1. The number of aryl methyl sites for hydroxylation is 2. The molecule has 0 spiro atoms. The molecule has 0 aromatic carbocycles. The minimum atomic E-state index is 0.267. The first kappa shape index (κ1) is 11.8. The van der Waals surface area contributed by atoms with Crippen LogP contribution in [-0.2, 0) is 0 Å². The monoisotopic (exact) mass is 244 g/mol. The molecule has 3 heteroatoms. The number of fused-ring (bicyclic) bond motifs is 2. The zero-order chi connectivity index (χ0) is 12.7. The van der Waals surface area contributed by atoms with Crippen molar-refractivity contribution in [2.24, 2.45) is 17.8 Å². The molecule has 0 radical (unpaired) electrons. The Morgan fingerprint density at radius 3 is 2.78 bits per heavy atom. The van der Waals surface area contributed by atoms with Crippen molar-refractivity contribution in [1.82, 2.24) is 10.2 Å². The normalized spacial score (nSPS) is 29.8. The Bertz CT molecular complexity index is 483. The van der Waals surface area contributed by atoms with E-state index in [0.717, 1.165) is 28.8 Å². The topological polar surface area (TPSA) is 42.9 Å². The lowest BCUT2D eigenvalue weighted by Crippen LogP contribution is -2.16. The van der Waals surface area contributed by atoms with Gasteiger partial charge in [-0.1, -0.05) is 6.42 Å². The summed E-state index contributed by atoms with van der Waals surface area (Å²) >= 11 is 0. The van der Waals surface area contributed by atoms with E-state index in [-0.39, 0.29) is 5.78 Å². The fraction of sp³-hybridized carbons (Fsp3) is 0.667. The van der Waals surface area contributed by atoms with Gasteiger partial charge >= 0.3 is 0 Å². The Morgan fingerprint density at radius 1 is 1.28 bits per heavy atom. The van der Waals surface area contributed by atoms with E-state index >= 15 is 0 Å². The highest BCUT2D eigenvalue weighted by Gasteiger charge is 2.40. The first-order chi connectivity index (χ1) is 8.63. The molecule has 1 aromatic heterocycles. The van der Waals surface area contributed by atoms with Gasteiger partial charge in [0.25, 0.3) is 0 Å². The van der Waals surface area contributed by atoms with Crippen LogP contribution >= 0.6 is 0 Å². The van der Waals surface area contributed by atoms with E-state index in [1.165, 1.54) is 25.7 Å². The molecule has 0 aliphatic heterocycles. The second-order valence-electron chi connectivity index (χ2n) is 6.05. The quantitative estimate of drug-likeness (QED) is 0.767. The van der Waals surface area contributed by atoms with Crippen LogP contribution in [0.15, 0.2) is 6.07 Å². The molecule has 3 rings (SSSR count). The fourth-order valence-corrected chi connectivity index (χ4v) is 3.81. The van der Waals surface area contributed by atoms with Gasteiger partial charge in [-0.25, -0.2) is 0 Å². The molecule has 3 nitrogen and oxygen atoms in total. The predicted octanol–water partition coefficient (Wildman–Crippen LogP) is 3.10. The van der Waals surface area contributed by atoms with E-state index in [0.29, 0.717) is 12.3 Å². The number of ketones is 1. The molecule has 0 amide bonds. The standard InChI is InChI=1S/C15H20N2O/c1-9-5-14(10(2)17-16-9)15(18)8-13-7-11-3-4-12(13)6-11/h5,11-13H,3-4,6-8H2,1-2H3. The third-order valence-electron chi connectivity index (χ3n) is 4.73. The molecule has 2 aliphatic carbocycles. The first-order valence-corrected chi connectivity index (χ1v) is 6.97. The maximum Gasteiger partial charge on any atom is 0.165 e. The summed E-state index contributed by atoms with van der Waals surface area (Å²) < 4.78 is 0. The highest BCUT2D eigenvalue weighted by atomic mass is 16.1. The molecule has 2 bridgehead atoms. The summed E-state index contributed by atoms with van der Waals surface area (Å²) in [5.41, 5.74) is 2.39. The minimum absolute atomic E-state index is 0.267. The number of carbonyl (C=O) groups excluding carboxylic acids is 1. The van der Waals surface area contributed by atoms with Crippen LogP contribution in [0.25, 0.3) is 0 Å². The summed E-state index contributed by atoms with van der Waals surface area (Å²) in [6.07, 6.45) is 6.09. The minimum Gasteiger partial charge on any atom is -0.294 e. The fourth-order valence-electron chi connectivity index (χ4n) is 3.81. The number of rotatable bonds is 3. The van der Waals surface area contributed by atoms with Crippen LogP contribution in [0.3, 0.4) is 0 Å². The van der Waals surface area contributed by atoms with Crippen LogP contribution in [0.2, 0.25) is 0 Å². The van der Waals surface area contributed by atoms with E-state index in [1.807, 2.05) is 19.9 Å². The molecule has 0 saturated heterocycles. The Hall–Kier alpha value is -1.25. The summed E-state index contributed by atoms with van der Waals surface area (Å²) in [7, 11) is 0. The molecule has 2 saturated carbocycles. The van der Waals surface area contributed by atoms with Crippen LogP contribution in [0.4, 0.5) is 0 Å². The molecule has 2 aliphatic rings. The molecule has 3 atom stereocenters. The molecular weight excluding hydrogens is 224 g/mol. The van der Waals surface area contributed by atoms with Crippen LogP contribution in [0.1, 0.15) is 53.8 Å². The van der Waals surface area contributed by atoms with Gasteiger partial charge in [-0.05, 0) is 56.9 Å². The molecule has 0 N–H and O–H groups in total. The number of carbonyl (C=O) groups is 1. The lowest BCUT2D eigenvalue weighted by Gasteiger charge is -2.20. The van der Waals surface area contributed by atoms with Gasteiger partial charge in [0.05, 0.1) is 11.4 Å². The van der Waals surface area contributed by atoms with Gasteiger partial charge in [0.2, 0.25) is 0 Å². The third-order valence-corrected chi connectivity index (χ3v) is 4.73. The first-order valence-electron chi connectivity index (χ1n) is 6.97. The van der Waals surface area contributed by atoms with Gasteiger partial charge in [0.15, 0.2) is 5.78 Å².